The fourth-order valence-electron chi connectivity index (χ4n) is 3.58. The Morgan fingerprint density at radius 1 is 1.04 bits per heavy atom. The third-order valence-corrected chi connectivity index (χ3v) is 6.65. The van der Waals surface area contributed by atoms with Crippen LogP contribution in [-0.4, -0.2) is 36.9 Å². The minimum absolute atomic E-state index is 0.311. The maximum absolute atomic E-state index is 12.9. The van der Waals surface area contributed by atoms with Crippen LogP contribution < -0.4 is 0 Å². The molecule has 4 rings (SSSR count). The molecule has 1 fully saturated rings. The summed E-state index contributed by atoms with van der Waals surface area (Å²) in [5.41, 5.74) is 2.03. The summed E-state index contributed by atoms with van der Waals surface area (Å²) < 4.78 is 27.1. The molecule has 0 spiro atoms. The van der Waals surface area contributed by atoms with Crippen LogP contribution >= 0.6 is 0 Å². The van der Waals surface area contributed by atoms with Gasteiger partial charge in [0.2, 0.25) is 0 Å². The Bertz CT molecular complexity index is 987. The Balaban J connectivity index is 1.65. The van der Waals surface area contributed by atoms with Gasteiger partial charge in [-0.2, -0.15) is 0 Å². The monoisotopic (exact) mass is 354 g/mol. The normalized spacial score (nSPS) is 16.2. The van der Waals surface area contributed by atoms with E-state index in [-0.39, 0.29) is 0 Å². The highest BCUT2D eigenvalue weighted by Crippen LogP contribution is 2.30. The van der Waals surface area contributed by atoms with E-state index in [9.17, 15) is 8.42 Å². The van der Waals surface area contributed by atoms with Crippen LogP contribution in [0.1, 0.15) is 24.8 Å². The summed E-state index contributed by atoms with van der Waals surface area (Å²) >= 11 is 0. The van der Waals surface area contributed by atoms with E-state index in [4.69, 9.17) is 0 Å². The van der Waals surface area contributed by atoms with Gasteiger partial charge in [-0.3, -0.25) is 0 Å². The molecule has 5 heteroatoms. The van der Waals surface area contributed by atoms with Gasteiger partial charge in [0, 0.05) is 30.6 Å². The molecule has 4 nitrogen and oxygen atoms in total. The molecule has 0 unspecified atom stereocenters. The van der Waals surface area contributed by atoms with Crippen molar-refractivity contribution in [3.63, 3.8) is 0 Å². The largest absolute Gasteiger partial charge is 0.302 e. The van der Waals surface area contributed by atoms with Gasteiger partial charge in [-0.05, 0) is 48.9 Å². The number of hydrogen-bond donors (Lipinski definition) is 0. The first kappa shape index (κ1) is 16.4. The number of nitrogens with zero attached hydrogens (tertiary/aromatic N) is 2. The molecule has 0 bridgehead atoms. The van der Waals surface area contributed by atoms with Gasteiger partial charge in [-0.15, -0.1) is 0 Å². The average molecular weight is 354 g/mol. The lowest BCUT2D eigenvalue weighted by molar-refractivity contribution is 0.149. The predicted molar refractivity (Wildman–Crippen MR) is 100 cm³/mol. The molecule has 3 aromatic rings. The smallest absolute Gasteiger partial charge is 0.268 e. The Hall–Kier alpha value is -2.11. The number of hydrogen-bond acceptors (Lipinski definition) is 3. The van der Waals surface area contributed by atoms with Crippen LogP contribution in [0.15, 0.2) is 65.7 Å². The average Bonchev–Trinajstić information content (AvgIpc) is 3.02. The van der Waals surface area contributed by atoms with E-state index >= 15 is 0 Å². The highest BCUT2D eigenvalue weighted by Gasteiger charge is 2.27. The summed E-state index contributed by atoms with van der Waals surface area (Å²) in [5, 5.41) is 0.978. The van der Waals surface area contributed by atoms with Gasteiger partial charge < -0.3 is 4.90 Å². The van der Waals surface area contributed by atoms with Crippen molar-refractivity contribution in [3.05, 3.63) is 66.4 Å². The Morgan fingerprint density at radius 2 is 1.80 bits per heavy atom. The maximum Gasteiger partial charge on any atom is 0.268 e. The van der Waals surface area contributed by atoms with E-state index in [1.807, 2.05) is 18.2 Å². The fourth-order valence-corrected chi connectivity index (χ4v) is 4.96. The lowest BCUT2D eigenvalue weighted by atomic mass is 9.91. The molecule has 0 amide bonds. The molecule has 2 aromatic carbocycles. The first-order valence-corrected chi connectivity index (χ1v) is 10.2. The van der Waals surface area contributed by atoms with E-state index < -0.39 is 10.0 Å². The second-order valence-electron chi connectivity index (χ2n) is 6.70. The third-order valence-electron chi connectivity index (χ3n) is 4.95. The summed E-state index contributed by atoms with van der Waals surface area (Å²) in [7, 11) is -3.55. The number of aromatic nitrogens is 1. The van der Waals surface area contributed by atoms with Crippen molar-refractivity contribution in [2.45, 2.75) is 24.2 Å². The topological polar surface area (TPSA) is 42.3 Å². The quantitative estimate of drug-likeness (QED) is 0.702. The minimum atomic E-state index is -3.55. The third kappa shape index (κ3) is 2.87. The van der Waals surface area contributed by atoms with Gasteiger partial charge in [0.1, 0.15) is 0 Å². The molecule has 0 radical (unpaired) electrons. The standard InChI is InChI=1S/C20H22N2O2S/c1-2-11-21-14-18(15-21)16-8-9-20-17(13-16)10-12-22(20)25(23,24)19-6-4-3-5-7-19/h3-10,12-13,18H,2,11,14-15H2,1H3. The van der Waals surface area contributed by atoms with Crippen LogP contribution in [0.5, 0.6) is 0 Å². The van der Waals surface area contributed by atoms with Crippen molar-refractivity contribution in [1.82, 2.24) is 8.87 Å². The van der Waals surface area contributed by atoms with E-state index in [1.165, 1.54) is 16.0 Å². The van der Waals surface area contributed by atoms with Gasteiger partial charge >= 0.3 is 0 Å². The first-order chi connectivity index (χ1) is 12.1. The minimum Gasteiger partial charge on any atom is -0.302 e. The van der Waals surface area contributed by atoms with Crippen LogP contribution in [0.2, 0.25) is 0 Å². The van der Waals surface area contributed by atoms with Crippen LogP contribution in [0, 0.1) is 0 Å². The molecular formula is C20H22N2O2S. The maximum atomic E-state index is 12.9. The summed E-state index contributed by atoms with van der Waals surface area (Å²) in [6.07, 6.45) is 2.84. The number of benzene rings is 2. The highest BCUT2D eigenvalue weighted by atomic mass is 32.2. The zero-order valence-electron chi connectivity index (χ0n) is 14.3. The molecule has 0 saturated carbocycles. The molecule has 0 atom stereocenters. The lowest BCUT2D eigenvalue weighted by Crippen LogP contribution is -2.45. The van der Waals surface area contributed by atoms with Crippen molar-refractivity contribution >= 4 is 20.9 Å². The summed E-state index contributed by atoms with van der Waals surface area (Å²) in [6, 6.07) is 16.6. The van der Waals surface area contributed by atoms with Crippen LogP contribution in [0.3, 0.4) is 0 Å². The zero-order chi connectivity index (χ0) is 17.4. The Morgan fingerprint density at radius 3 is 2.52 bits per heavy atom. The van der Waals surface area contributed by atoms with Crippen LogP contribution in [-0.2, 0) is 10.0 Å². The van der Waals surface area contributed by atoms with Crippen molar-refractivity contribution in [2.24, 2.45) is 0 Å². The summed E-state index contributed by atoms with van der Waals surface area (Å²) in [6.45, 7) is 5.56. The lowest BCUT2D eigenvalue weighted by Gasteiger charge is -2.39. The molecule has 0 aliphatic carbocycles. The van der Waals surface area contributed by atoms with E-state index in [0.717, 1.165) is 30.5 Å². The van der Waals surface area contributed by atoms with Gasteiger partial charge in [-0.25, -0.2) is 12.4 Å². The summed E-state index contributed by atoms with van der Waals surface area (Å²) in [4.78, 5) is 2.77. The molecule has 25 heavy (non-hydrogen) atoms. The Labute approximate surface area is 148 Å². The highest BCUT2D eigenvalue weighted by molar-refractivity contribution is 7.90. The fraction of sp³-hybridized carbons (Fsp3) is 0.300. The molecule has 0 N–H and O–H groups in total. The van der Waals surface area contributed by atoms with Gasteiger partial charge in [0.25, 0.3) is 10.0 Å². The molecule has 1 aliphatic heterocycles. The van der Waals surface area contributed by atoms with Gasteiger partial charge in [0.05, 0.1) is 10.4 Å². The number of fused-ring (bicyclic) bond motifs is 1. The first-order valence-electron chi connectivity index (χ1n) is 8.73. The van der Waals surface area contributed by atoms with Crippen LogP contribution in [0.4, 0.5) is 0 Å². The summed E-state index contributed by atoms with van der Waals surface area (Å²) in [5.74, 6) is 0.560. The molecular weight excluding hydrogens is 332 g/mol. The van der Waals surface area contributed by atoms with Crippen molar-refractivity contribution in [1.29, 1.82) is 0 Å². The SMILES string of the molecule is CCCN1CC(c2ccc3c(ccn3S(=O)(=O)c3ccccc3)c2)C1. The van der Waals surface area contributed by atoms with Crippen molar-refractivity contribution in [3.8, 4) is 0 Å². The van der Waals surface area contributed by atoms with E-state index in [0.29, 0.717) is 10.8 Å². The molecule has 2 heterocycles. The Kier molecular flexibility index (Phi) is 4.13. The zero-order valence-corrected chi connectivity index (χ0v) is 15.1. The predicted octanol–water partition coefficient (Wildman–Crippen LogP) is 3.69. The van der Waals surface area contributed by atoms with Gasteiger partial charge in [0.15, 0.2) is 0 Å². The second kappa shape index (κ2) is 6.32. The van der Waals surface area contributed by atoms with Crippen molar-refractivity contribution in [2.75, 3.05) is 19.6 Å². The number of likely N-dealkylation sites (tertiary alicyclic amines) is 1. The molecule has 1 saturated heterocycles. The molecule has 1 aromatic heterocycles. The van der Waals surface area contributed by atoms with Gasteiger partial charge in [-0.1, -0.05) is 31.2 Å². The van der Waals surface area contributed by atoms with Crippen LogP contribution in [0.25, 0.3) is 10.9 Å². The number of rotatable bonds is 5. The van der Waals surface area contributed by atoms with Crippen molar-refractivity contribution < 1.29 is 8.42 Å². The second-order valence-corrected chi connectivity index (χ2v) is 8.52. The van der Waals surface area contributed by atoms with E-state index in [2.05, 4.69) is 24.0 Å². The van der Waals surface area contributed by atoms with E-state index in [1.54, 1.807) is 30.5 Å². The molecule has 130 valence electrons. The molecule has 1 aliphatic rings.